The van der Waals surface area contributed by atoms with Gasteiger partial charge in [-0.3, -0.25) is 5.10 Å². The molecule has 2 N–H and O–H groups in total. The third-order valence-corrected chi connectivity index (χ3v) is 4.48. The fourth-order valence-corrected chi connectivity index (χ4v) is 3.29. The van der Waals surface area contributed by atoms with Gasteiger partial charge in [0.2, 0.25) is 0 Å². The van der Waals surface area contributed by atoms with Crippen LogP contribution in [0.15, 0.2) is 5.16 Å². The van der Waals surface area contributed by atoms with Gasteiger partial charge in [0.05, 0.1) is 24.9 Å². The Hall–Kier alpha value is -1.16. The third kappa shape index (κ3) is 4.66. The summed E-state index contributed by atoms with van der Waals surface area (Å²) in [5.41, 5.74) is 0. The molecule has 1 atom stereocenters. The zero-order valence-corrected chi connectivity index (χ0v) is 14.9. The molecule has 23 heavy (non-hydrogen) atoms. The van der Waals surface area contributed by atoms with Crippen LogP contribution < -0.4 is 5.32 Å². The number of thioether (sulfide) groups is 1. The average molecular weight is 360 g/mol. The molecule has 0 spiro atoms. The zero-order valence-electron chi connectivity index (χ0n) is 13.3. The Labute approximate surface area is 145 Å². The maximum Gasteiger partial charge on any atom is 0.191 e. The summed E-state index contributed by atoms with van der Waals surface area (Å²) in [6.07, 6.45) is 2.49. The molecule has 0 aliphatic carbocycles. The SMILES string of the molecule is CNCc1nnc(SCc2n[nH]c(C)n2)n1CC1CCCO1.Cl. The maximum atomic E-state index is 5.74. The molecule has 1 aliphatic heterocycles. The lowest BCUT2D eigenvalue weighted by Gasteiger charge is -2.14. The Morgan fingerprint density at radius 3 is 2.96 bits per heavy atom. The topological polar surface area (TPSA) is 93.5 Å². The van der Waals surface area contributed by atoms with Crippen molar-refractivity contribution < 1.29 is 4.74 Å². The van der Waals surface area contributed by atoms with Crippen molar-refractivity contribution in [1.82, 2.24) is 35.3 Å². The predicted molar refractivity (Wildman–Crippen MR) is 89.7 cm³/mol. The number of nitrogens with one attached hydrogen (secondary N) is 2. The molecule has 1 saturated heterocycles. The summed E-state index contributed by atoms with van der Waals surface area (Å²) in [6, 6.07) is 0. The molecular formula is C13H22ClN7OS. The van der Waals surface area contributed by atoms with Gasteiger partial charge in [-0.15, -0.1) is 22.6 Å². The molecular weight excluding hydrogens is 338 g/mol. The van der Waals surface area contributed by atoms with Crippen LogP contribution in [0.3, 0.4) is 0 Å². The summed E-state index contributed by atoms with van der Waals surface area (Å²) in [6.45, 7) is 4.25. The van der Waals surface area contributed by atoms with Gasteiger partial charge < -0.3 is 14.6 Å². The Bertz CT molecular complexity index is 611. The second-order valence-corrected chi connectivity index (χ2v) is 6.24. The molecule has 1 aliphatic rings. The van der Waals surface area contributed by atoms with E-state index in [4.69, 9.17) is 4.74 Å². The van der Waals surface area contributed by atoms with Crippen molar-refractivity contribution in [3.05, 3.63) is 17.5 Å². The zero-order chi connectivity index (χ0) is 15.4. The molecule has 0 bridgehead atoms. The van der Waals surface area contributed by atoms with Crippen LogP contribution in [0.5, 0.6) is 0 Å². The third-order valence-electron chi connectivity index (χ3n) is 3.51. The largest absolute Gasteiger partial charge is 0.376 e. The standard InChI is InChI=1S/C13H21N7OS.ClH/c1-9-15-11(17-16-9)8-22-13-19-18-12(6-14-2)20(13)7-10-4-3-5-21-10;/h10,14H,3-8H2,1-2H3,(H,15,16,17);1H. The fraction of sp³-hybridized carbons (Fsp3) is 0.692. The van der Waals surface area contributed by atoms with E-state index in [1.54, 1.807) is 11.8 Å². The van der Waals surface area contributed by atoms with Crippen molar-refractivity contribution in [2.45, 2.75) is 49.9 Å². The van der Waals surface area contributed by atoms with E-state index in [2.05, 4.69) is 35.3 Å². The minimum absolute atomic E-state index is 0. The van der Waals surface area contributed by atoms with Crippen molar-refractivity contribution in [3.8, 4) is 0 Å². The number of halogens is 1. The number of aromatic nitrogens is 6. The van der Waals surface area contributed by atoms with Gasteiger partial charge in [0.25, 0.3) is 0 Å². The van der Waals surface area contributed by atoms with E-state index in [1.807, 2.05) is 14.0 Å². The van der Waals surface area contributed by atoms with Crippen molar-refractivity contribution in [2.24, 2.45) is 0 Å². The van der Waals surface area contributed by atoms with E-state index in [1.165, 1.54) is 0 Å². The smallest absolute Gasteiger partial charge is 0.191 e. The number of ether oxygens (including phenoxy) is 1. The van der Waals surface area contributed by atoms with Gasteiger partial charge in [0.15, 0.2) is 11.0 Å². The number of rotatable bonds is 7. The maximum absolute atomic E-state index is 5.74. The highest BCUT2D eigenvalue weighted by Crippen LogP contribution is 2.23. The lowest BCUT2D eigenvalue weighted by molar-refractivity contribution is 0.0941. The second kappa shape index (κ2) is 8.62. The number of nitrogens with zero attached hydrogens (tertiary/aromatic N) is 5. The van der Waals surface area contributed by atoms with Crippen LogP contribution in [0.25, 0.3) is 0 Å². The summed E-state index contributed by atoms with van der Waals surface area (Å²) in [4.78, 5) is 4.32. The summed E-state index contributed by atoms with van der Waals surface area (Å²) in [5.74, 6) is 3.22. The Morgan fingerprint density at radius 1 is 1.43 bits per heavy atom. The van der Waals surface area contributed by atoms with Gasteiger partial charge >= 0.3 is 0 Å². The summed E-state index contributed by atoms with van der Waals surface area (Å²) in [5, 5.41) is 19.6. The molecule has 10 heteroatoms. The van der Waals surface area contributed by atoms with Gasteiger partial charge in [-0.05, 0) is 26.8 Å². The van der Waals surface area contributed by atoms with Crippen molar-refractivity contribution >= 4 is 24.2 Å². The van der Waals surface area contributed by atoms with Crippen molar-refractivity contribution in [3.63, 3.8) is 0 Å². The van der Waals surface area contributed by atoms with E-state index in [0.29, 0.717) is 12.3 Å². The Kier molecular flexibility index (Phi) is 6.82. The van der Waals surface area contributed by atoms with Gasteiger partial charge in [0.1, 0.15) is 11.6 Å². The lowest BCUT2D eigenvalue weighted by atomic mass is 10.2. The number of hydrogen-bond donors (Lipinski definition) is 2. The molecule has 0 aromatic carbocycles. The van der Waals surface area contributed by atoms with E-state index in [9.17, 15) is 0 Å². The summed E-state index contributed by atoms with van der Waals surface area (Å²) in [7, 11) is 1.91. The van der Waals surface area contributed by atoms with Gasteiger partial charge in [-0.1, -0.05) is 11.8 Å². The van der Waals surface area contributed by atoms with E-state index >= 15 is 0 Å². The highest BCUT2D eigenvalue weighted by Gasteiger charge is 2.21. The molecule has 0 radical (unpaired) electrons. The van der Waals surface area contributed by atoms with Crippen LogP contribution in [-0.4, -0.2) is 49.7 Å². The number of H-pyrrole nitrogens is 1. The van der Waals surface area contributed by atoms with Crippen molar-refractivity contribution in [1.29, 1.82) is 0 Å². The van der Waals surface area contributed by atoms with Crippen molar-refractivity contribution in [2.75, 3.05) is 13.7 Å². The van der Waals surface area contributed by atoms with Gasteiger partial charge in [-0.25, -0.2) is 4.98 Å². The minimum Gasteiger partial charge on any atom is -0.376 e. The molecule has 0 amide bonds. The first-order valence-corrected chi connectivity index (χ1v) is 8.44. The summed E-state index contributed by atoms with van der Waals surface area (Å²) < 4.78 is 7.89. The fourth-order valence-electron chi connectivity index (χ4n) is 2.47. The molecule has 1 unspecified atom stereocenters. The molecule has 3 heterocycles. The molecule has 0 saturated carbocycles. The predicted octanol–water partition coefficient (Wildman–Crippen LogP) is 1.32. The van der Waals surface area contributed by atoms with E-state index < -0.39 is 0 Å². The molecule has 2 aromatic heterocycles. The quantitative estimate of drug-likeness (QED) is 0.720. The molecule has 8 nitrogen and oxygen atoms in total. The first kappa shape index (κ1) is 18.2. The average Bonchev–Trinajstić information content (AvgIpc) is 3.22. The van der Waals surface area contributed by atoms with Gasteiger partial charge in [0, 0.05) is 6.61 Å². The Morgan fingerprint density at radius 2 is 2.30 bits per heavy atom. The van der Waals surface area contributed by atoms with E-state index in [-0.39, 0.29) is 18.5 Å². The highest BCUT2D eigenvalue weighted by molar-refractivity contribution is 7.98. The monoisotopic (exact) mass is 359 g/mol. The normalized spacial score (nSPS) is 17.4. The molecule has 1 fully saturated rings. The number of aryl methyl sites for hydroxylation is 1. The number of hydrogen-bond acceptors (Lipinski definition) is 7. The van der Waals surface area contributed by atoms with Crippen LogP contribution in [0.1, 0.15) is 30.3 Å². The molecule has 2 aromatic rings. The van der Waals surface area contributed by atoms with Crippen LogP contribution >= 0.6 is 24.2 Å². The van der Waals surface area contributed by atoms with Crippen LogP contribution in [-0.2, 0) is 23.6 Å². The molecule has 3 rings (SSSR count). The highest BCUT2D eigenvalue weighted by atomic mass is 35.5. The van der Waals surface area contributed by atoms with Crippen LogP contribution in [0.4, 0.5) is 0 Å². The second-order valence-electron chi connectivity index (χ2n) is 5.30. The molecule has 128 valence electrons. The van der Waals surface area contributed by atoms with E-state index in [0.717, 1.165) is 48.6 Å². The first-order chi connectivity index (χ1) is 10.8. The number of aromatic amines is 1. The Balaban J connectivity index is 0.00000192. The first-order valence-electron chi connectivity index (χ1n) is 7.45. The van der Waals surface area contributed by atoms with Gasteiger partial charge in [-0.2, -0.15) is 5.10 Å². The van der Waals surface area contributed by atoms with Crippen LogP contribution in [0.2, 0.25) is 0 Å². The van der Waals surface area contributed by atoms with Crippen LogP contribution in [0, 0.1) is 6.92 Å². The lowest BCUT2D eigenvalue weighted by Crippen LogP contribution is -2.20. The minimum atomic E-state index is 0. The summed E-state index contributed by atoms with van der Waals surface area (Å²) >= 11 is 1.60.